The van der Waals surface area contributed by atoms with Gasteiger partial charge in [0.1, 0.15) is 5.82 Å². The van der Waals surface area contributed by atoms with Gasteiger partial charge in [0.05, 0.1) is 12.6 Å². The number of H-pyrrole nitrogens is 1. The van der Waals surface area contributed by atoms with Crippen LogP contribution in [0.2, 0.25) is 0 Å². The second-order valence-corrected chi connectivity index (χ2v) is 4.07. The number of rotatable bonds is 5. The van der Waals surface area contributed by atoms with Crippen LogP contribution in [-0.4, -0.2) is 28.6 Å². The molecule has 0 saturated heterocycles. The average Bonchev–Trinajstić information content (AvgIpc) is 2.78. The van der Waals surface area contributed by atoms with Gasteiger partial charge in [-0.2, -0.15) is 4.98 Å². The van der Waals surface area contributed by atoms with Crippen molar-refractivity contribution in [2.75, 3.05) is 13.7 Å². The highest BCUT2D eigenvalue weighted by atomic mass is 16.5. The number of imidazole rings is 1. The molecule has 17 heavy (non-hydrogen) atoms. The Labute approximate surface area is 100 Å². The first kappa shape index (κ1) is 11.9. The number of pyridine rings is 1. The van der Waals surface area contributed by atoms with Crippen LogP contribution in [0.15, 0.2) is 12.1 Å². The molecule has 92 valence electrons. The van der Waals surface area contributed by atoms with Gasteiger partial charge in [0.2, 0.25) is 5.88 Å². The maximum atomic E-state index is 5.76. The monoisotopic (exact) mass is 234 g/mol. The van der Waals surface area contributed by atoms with Gasteiger partial charge in [-0.15, -0.1) is 0 Å². The summed E-state index contributed by atoms with van der Waals surface area (Å²) in [4.78, 5) is 12.0. The van der Waals surface area contributed by atoms with Gasteiger partial charge in [-0.05, 0) is 12.5 Å². The molecular formula is C12H18N4O. The minimum atomic E-state index is 0.278. The summed E-state index contributed by atoms with van der Waals surface area (Å²) in [5.41, 5.74) is 7.38. The predicted octanol–water partition coefficient (Wildman–Crippen LogP) is 1.81. The molecule has 0 aliphatic rings. The number of nitrogens with zero attached hydrogens (tertiary/aromatic N) is 2. The summed E-state index contributed by atoms with van der Waals surface area (Å²) in [6, 6.07) is 3.75. The molecule has 2 aromatic heterocycles. The van der Waals surface area contributed by atoms with Crippen molar-refractivity contribution in [3.8, 4) is 5.88 Å². The number of fused-ring (bicyclic) bond motifs is 1. The topological polar surface area (TPSA) is 76.8 Å². The molecule has 0 saturated carbocycles. The van der Waals surface area contributed by atoms with Crippen molar-refractivity contribution in [2.45, 2.75) is 25.7 Å². The Balaban J connectivity index is 2.36. The summed E-state index contributed by atoms with van der Waals surface area (Å²) in [5.74, 6) is 1.78. The number of aromatic nitrogens is 3. The number of methoxy groups -OCH3 is 1. The van der Waals surface area contributed by atoms with E-state index in [-0.39, 0.29) is 5.92 Å². The van der Waals surface area contributed by atoms with E-state index in [1.54, 1.807) is 7.11 Å². The molecule has 0 aliphatic heterocycles. The van der Waals surface area contributed by atoms with Gasteiger partial charge in [0.15, 0.2) is 5.65 Å². The van der Waals surface area contributed by atoms with E-state index in [9.17, 15) is 0 Å². The van der Waals surface area contributed by atoms with Crippen LogP contribution in [0, 0.1) is 0 Å². The van der Waals surface area contributed by atoms with Crippen molar-refractivity contribution >= 4 is 11.2 Å². The molecular weight excluding hydrogens is 216 g/mol. The number of hydrogen-bond donors (Lipinski definition) is 2. The van der Waals surface area contributed by atoms with E-state index in [2.05, 4.69) is 21.9 Å². The number of ether oxygens (including phenoxy) is 1. The van der Waals surface area contributed by atoms with E-state index in [4.69, 9.17) is 10.5 Å². The lowest BCUT2D eigenvalue weighted by Gasteiger charge is -2.09. The molecule has 0 fully saturated rings. The fourth-order valence-corrected chi connectivity index (χ4v) is 1.92. The van der Waals surface area contributed by atoms with Crippen LogP contribution in [0.5, 0.6) is 5.88 Å². The Morgan fingerprint density at radius 2 is 2.24 bits per heavy atom. The zero-order valence-corrected chi connectivity index (χ0v) is 10.2. The van der Waals surface area contributed by atoms with E-state index in [1.807, 2.05) is 12.1 Å². The minimum Gasteiger partial charge on any atom is -0.481 e. The molecule has 3 N–H and O–H groups in total. The smallest absolute Gasteiger partial charge is 0.215 e. The molecule has 2 heterocycles. The minimum absolute atomic E-state index is 0.278. The maximum absolute atomic E-state index is 5.76. The largest absolute Gasteiger partial charge is 0.481 e. The number of nitrogens with one attached hydrogen (secondary N) is 1. The Kier molecular flexibility index (Phi) is 3.58. The van der Waals surface area contributed by atoms with Gasteiger partial charge in [0, 0.05) is 18.5 Å². The molecule has 0 spiro atoms. The SMILES string of the molecule is CCCC(CN)c1nc2nc(OC)ccc2[nH]1. The van der Waals surface area contributed by atoms with Crippen molar-refractivity contribution < 1.29 is 4.74 Å². The lowest BCUT2D eigenvalue weighted by atomic mass is 10.0. The van der Waals surface area contributed by atoms with E-state index in [0.717, 1.165) is 24.2 Å². The lowest BCUT2D eigenvalue weighted by Crippen LogP contribution is -2.13. The fraction of sp³-hybridized carbons (Fsp3) is 0.500. The third-order valence-corrected chi connectivity index (χ3v) is 2.86. The number of hydrogen-bond acceptors (Lipinski definition) is 4. The van der Waals surface area contributed by atoms with Gasteiger partial charge in [0.25, 0.3) is 0 Å². The fourth-order valence-electron chi connectivity index (χ4n) is 1.92. The molecule has 0 amide bonds. The predicted molar refractivity (Wildman–Crippen MR) is 67.1 cm³/mol. The van der Waals surface area contributed by atoms with Crippen LogP contribution in [0.25, 0.3) is 11.2 Å². The summed E-state index contributed by atoms with van der Waals surface area (Å²) in [6.07, 6.45) is 2.13. The molecule has 2 aromatic rings. The molecule has 1 unspecified atom stereocenters. The Hall–Kier alpha value is -1.62. The molecule has 0 aromatic carbocycles. The van der Waals surface area contributed by atoms with Crippen LogP contribution >= 0.6 is 0 Å². The Morgan fingerprint density at radius 3 is 2.88 bits per heavy atom. The van der Waals surface area contributed by atoms with Crippen molar-refractivity contribution in [3.05, 3.63) is 18.0 Å². The lowest BCUT2D eigenvalue weighted by molar-refractivity contribution is 0.399. The van der Waals surface area contributed by atoms with Crippen LogP contribution in [0.4, 0.5) is 0 Å². The Bertz CT molecular complexity index is 494. The first-order valence-electron chi connectivity index (χ1n) is 5.89. The molecule has 5 nitrogen and oxygen atoms in total. The highest BCUT2D eigenvalue weighted by molar-refractivity contribution is 5.71. The first-order chi connectivity index (χ1) is 8.28. The summed E-state index contributed by atoms with van der Waals surface area (Å²) < 4.78 is 5.08. The summed E-state index contributed by atoms with van der Waals surface area (Å²) in [6.45, 7) is 2.75. The highest BCUT2D eigenvalue weighted by Gasteiger charge is 2.14. The van der Waals surface area contributed by atoms with Crippen LogP contribution in [0.1, 0.15) is 31.5 Å². The normalized spacial score (nSPS) is 12.9. The zero-order chi connectivity index (χ0) is 12.3. The molecule has 0 radical (unpaired) electrons. The number of nitrogens with two attached hydrogens (primary N) is 1. The molecule has 1 atom stereocenters. The van der Waals surface area contributed by atoms with Gasteiger partial charge >= 0.3 is 0 Å². The molecule has 0 aliphatic carbocycles. The standard InChI is InChI=1S/C12H18N4O/c1-3-4-8(7-13)11-14-9-5-6-10(17-2)15-12(9)16-11/h5-6,8H,3-4,7,13H2,1-2H3,(H,14,15,16). The second kappa shape index (κ2) is 5.14. The third kappa shape index (κ3) is 2.39. The second-order valence-electron chi connectivity index (χ2n) is 4.07. The third-order valence-electron chi connectivity index (χ3n) is 2.86. The van der Waals surface area contributed by atoms with Gasteiger partial charge in [-0.1, -0.05) is 13.3 Å². The van der Waals surface area contributed by atoms with Crippen molar-refractivity contribution in [2.24, 2.45) is 5.73 Å². The van der Waals surface area contributed by atoms with Crippen molar-refractivity contribution in [1.82, 2.24) is 15.0 Å². The molecule has 2 rings (SSSR count). The average molecular weight is 234 g/mol. The van der Waals surface area contributed by atoms with Crippen LogP contribution < -0.4 is 10.5 Å². The van der Waals surface area contributed by atoms with Crippen molar-refractivity contribution in [1.29, 1.82) is 0 Å². The maximum Gasteiger partial charge on any atom is 0.215 e. The summed E-state index contributed by atoms with van der Waals surface area (Å²) >= 11 is 0. The van der Waals surface area contributed by atoms with Crippen molar-refractivity contribution in [3.63, 3.8) is 0 Å². The van der Waals surface area contributed by atoms with E-state index < -0.39 is 0 Å². The van der Waals surface area contributed by atoms with Crippen LogP contribution in [0.3, 0.4) is 0 Å². The Morgan fingerprint density at radius 1 is 1.41 bits per heavy atom. The quantitative estimate of drug-likeness (QED) is 0.827. The molecule has 5 heteroatoms. The van der Waals surface area contributed by atoms with Gasteiger partial charge in [-0.25, -0.2) is 4.98 Å². The summed E-state index contributed by atoms with van der Waals surface area (Å²) in [7, 11) is 1.60. The first-order valence-corrected chi connectivity index (χ1v) is 5.89. The van der Waals surface area contributed by atoms with E-state index in [0.29, 0.717) is 18.1 Å². The van der Waals surface area contributed by atoms with Gasteiger partial charge in [-0.3, -0.25) is 0 Å². The molecule has 0 bridgehead atoms. The van der Waals surface area contributed by atoms with E-state index >= 15 is 0 Å². The van der Waals surface area contributed by atoms with Crippen LogP contribution in [-0.2, 0) is 0 Å². The highest BCUT2D eigenvalue weighted by Crippen LogP contribution is 2.21. The number of aromatic amines is 1. The summed E-state index contributed by atoms with van der Waals surface area (Å²) in [5, 5.41) is 0. The van der Waals surface area contributed by atoms with Gasteiger partial charge < -0.3 is 15.5 Å². The zero-order valence-electron chi connectivity index (χ0n) is 10.2. The van der Waals surface area contributed by atoms with E-state index in [1.165, 1.54) is 0 Å².